The van der Waals surface area contributed by atoms with Crippen molar-refractivity contribution >= 4 is 40.5 Å². The molecule has 0 bridgehead atoms. The zero-order valence-corrected chi connectivity index (χ0v) is 13.3. The lowest BCUT2D eigenvalue weighted by atomic mass is 10.3. The number of para-hydroxylation sites is 1. The molecule has 3 aromatic rings. The SMILES string of the molecule is O=C(OCc1nnnn1-c1ccccc1)c1cc(Cl)sc1Cl. The predicted molar refractivity (Wildman–Crippen MR) is 82.6 cm³/mol. The van der Waals surface area contributed by atoms with Crippen LogP contribution in [0.5, 0.6) is 0 Å². The Balaban J connectivity index is 1.74. The summed E-state index contributed by atoms with van der Waals surface area (Å²) in [5, 5.41) is 11.3. The monoisotopic (exact) mass is 354 g/mol. The van der Waals surface area contributed by atoms with Crippen LogP contribution in [-0.2, 0) is 11.3 Å². The fourth-order valence-electron chi connectivity index (χ4n) is 1.75. The zero-order chi connectivity index (χ0) is 15.5. The summed E-state index contributed by atoms with van der Waals surface area (Å²) < 4.78 is 7.40. The van der Waals surface area contributed by atoms with Crippen molar-refractivity contribution in [2.45, 2.75) is 6.61 Å². The summed E-state index contributed by atoms with van der Waals surface area (Å²) in [5.41, 5.74) is 1.01. The molecule has 22 heavy (non-hydrogen) atoms. The average Bonchev–Trinajstić information content (AvgIpc) is 3.12. The highest BCUT2D eigenvalue weighted by molar-refractivity contribution is 7.20. The standard InChI is InChI=1S/C13H8Cl2N4O2S/c14-10-6-9(12(15)22-10)13(20)21-7-11-16-17-18-19(11)8-4-2-1-3-5-8/h1-6H,7H2. The van der Waals surface area contributed by atoms with E-state index in [0.29, 0.717) is 10.2 Å². The van der Waals surface area contributed by atoms with Gasteiger partial charge in [0.25, 0.3) is 0 Å². The van der Waals surface area contributed by atoms with Crippen LogP contribution in [0.2, 0.25) is 8.67 Å². The maximum Gasteiger partial charge on any atom is 0.341 e. The van der Waals surface area contributed by atoms with Gasteiger partial charge in [-0.25, -0.2) is 4.79 Å². The van der Waals surface area contributed by atoms with Crippen LogP contribution in [0, 0.1) is 0 Å². The van der Waals surface area contributed by atoms with Gasteiger partial charge in [-0.1, -0.05) is 41.4 Å². The van der Waals surface area contributed by atoms with Crippen LogP contribution in [-0.4, -0.2) is 26.2 Å². The molecule has 1 aromatic carbocycles. The molecular weight excluding hydrogens is 347 g/mol. The fraction of sp³-hybridized carbons (Fsp3) is 0.0769. The minimum absolute atomic E-state index is 0.0788. The van der Waals surface area contributed by atoms with E-state index in [9.17, 15) is 4.79 Å². The number of thiophene rings is 1. The highest BCUT2D eigenvalue weighted by atomic mass is 35.5. The summed E-state index contributed by atoms with van der Waals surface area (Å²) in [5.74, 6) is -0.173. The molecule has 9 heteroatoms. The van der Waals surface area contributed by atoms with Crippen LogP contribution >= 0.6 is 34.5 Å². The number of tetrazole rings is 1. The summed E-state index contributed by atoms with van der Waals surface area (Å²) in [7, 11) is 0. The Morgan fingerprint density at radius 3 is 2.73 bits per heavy atom. The Morgan fingerprint density at radius 2 is 2.05 bits per heavy atom. The van der Waals surface area contributed by atoms with E-state index in [1.165, 1.54) is 10.7 Å². The van der Waals surface area contributed by atoms with Crippen molar-refractivity contribution in [2.24, 2.45) is 0 Å². The van der Waals surface area contributed by atoms with Gasteiger partial charge in [-0.05, 0) is 28.6 Å². The minimum Gasteiger partial charge on any atom is -0.454 e. The number of carbonyl (C=O) groups is 1. The van der Waals surface area contributed by atoms with Crippen molar-refractivity contribution < 1.29 is 9.53 Å². The summed E-state index contributed by atoms with van der Waals surface area (Å²) in [6.07, 6.45) is 0. The van der Waals surface area contributed by atoms with E-state index in [2.05, 4.69) is 15.5 Å². The molecule has 2 aromatic heterocycles. The average molecular weight is 355 g/mol. The third-order valence-corrected chi connectivity index (χ3v) is 4.23. The molecule has 112 valence electrons. The molecule has 0 atom stereocenters. The molecule has 0 N–H and O–H groups in total. The number of benzene rings is 1. The van der Waals surface area contributed by atoms with E-state index in [0.717, 1.165) is 17.0 Å². The van der Waals surface area contributed by atoms with E-state index in [4.69, 9.17) is 27.9 Å². The number of hydrogen-bond donors (Lipinski definition) is 0. The van der Waals surface area contributed by atoms with Gasteiger partial charge in [0.05, 0.1) is 15.6 Å². The van der Waals surface area contributed by atoms with Crippen LogP contribution < -0.4 is 0 Å². The van der Waals surface area contributed by atoms with Gasteiger partial charge in [0.15, 0.2) is 12.4 Å². The summed E-state index contributed by atoms with van der Waals surface area (Å²) >= 11 is 12.8. The van der Waals surface area contributed by atoms with Gasteiger partial charge in [0.2, 0.25) is 0 Å². The van der Waals surface area contributed by atoms with Crippen LogP contribution in [0.25, 0.3) is 5.69 Å². The third-order valence-electron chi connectivity index (χ3n) is 2.74. The lowest BCUT2D eigenvalue weighted by Crippen LogP contribution is -2.09. The topological polar surface area (TPSA) is 69.9 Å². The number of nitrogens with zero attached hydrogens (tertiary/aromatic N) is 4. The first kappa shape index (κ1) is 15.0. The van der Waals surface area contributed by atoms with Crippen molar-refractivity contribution in [1.82, 2.24) is 20.2 Å². The Kier molecular flexibility index (Phi) is 4.37. The molecule has 0 aliphatic carbocycles. The second-order valence-corrected chi connectivity index (χ2v) is 6.44. The number of ether oxygens (including phenoxy) is 1. The van der Waals surface area contributed by atoms with Gasteiger partial charge in [0, 0.05) is 0 Å². The molecule has 0 spiro atoms. The first-order valence-electron chi connectivity index (χ1n) is 6.10. The first-order valence-corrected chi connectivity index (χ1v) is 7.67. The van der Waals surface area contributed by atoms with Crippen molar-refractivity contribution in [3.63, 3.8) is 0 Å². The van der Waals surface area contributed by atoms with E-state index >= 15 is 0 Å². The molecule has 0 unspecified atom stereocenters. The third kappa shape index (κ3) is 3.11. The van der Waals surface area contributed by atoms with E-state index < -0.39 is 5.97 Å². The van der Waals surface area contributed by atoms with Gasteiger partial charge < -0.3 is 4.74 Å². The predicted octanol–water partition coefficient (Wildman–Crippen LogP) is 3.39. The van der Waals surface area contributed by atoms with Crippen molar-refractivity contribution in [2.75, 3.05) is 0 Å². The van der Waals surface area contributed by atoms with E-state index in [1.54, 1.807) is 0 Å². The molecule has 3 rings (SSSR count). The van der Waals surface area contributed by atoms with Crippen molar-refractivity contribution in [1.29, 1.82) is 0 Å². The van der Waals surface area contributed by atoms with Crippen molar-refractivity contribution in [3.05, 3.63) is 56.5 Å². The Bertz CT molecular complexity index is 803. The van der Waals surface area contributed by atoms with E-state index in [-0.39, 0.29) is 16.5 Å². The number of aromatic nitrogens is 4. The molecule has 2 heterocycles. The molecule has 0 radical (unpaired) electrons. The molecule has 0 fully saturated rings. The van der Waals surface area contributed by atoms with Gasteiger partial charge in [-0.2, -0.15) is 4.68 Å². The number of halogens is 2. The molecular formula is C13H8Cl2N4O2S. The smallest absolute Gasteiger partial charge is 0.341 e. The zero-order valence-electron chi connectivity index (χ0n) is 10.9. The Labute approximate surface area is 139 Å². The normalized spacial score (nSPS) is 10.6. The largest absolute Gasteiger partial charge is 0.454 e. The maximum absolute atomic E-state index is 12.0. The van der Waals surface area contributed by atoms with Crippen molar-refractivity contribution in [3.8, 4) is 5.69 Å². The lowest BCUT2D eigenvalue weighted by Gasteiger charge is -2.05. The summed E-state index contributed by atoms with van der Waals surface area (Å²) in [6.45, 7) is -0.0788. The second kappa shape index (κ2) is 6.43. The summed E-state index contributed by atoms with van der Waals surface area (Å²) in [6, 6.07) is 10.8. The number of hydrogen-bond acceptors (Lipinski definition) is 6. The molecule has 6 nitrogen and oxygen atoms in total. The number of rotatable bonds is 4. The number of esters is 1. The van der Waals surface area contributed by atoms with Crippen LogP contribution in [0.15, 0.2) is 36.4 Å². The van der Waals surface area contributed by atoms with Crippen LogP contribution in [0.4, 0.5) is 0 Å². The second-order valence-electron chi connectivity index (χ2n) is 4.16. The highest BCUT2D eigenvalue weighted by Gasteiger charge is 2.17. The quantitative estimate of drug-likeness (QED) is 0.671. The maximum atomic E-state index is 12.0. The van der Waals surface area contributed by atoms with Crippen LogP contribution in [0.3, 0.4) is 0 Å². The van der Waals surface area contributed by atoms with Gasteiger partial charge in [-0.15, -0.1) is 16.4 Å². The summed E-state index contributed by atoms with van der Waals surface area (Å²) in [4.78, 5) is 12.0. The van der Waals surface area contributed by atoms with Gasteiger partial charge >= 0.3 is 5.97 Å². The molecule has 0 saturated carbocycles. The first-order chi connectivity index (χ1) is 10.6. The van der Waals surface area contributed by atoms with E-state index in [1.807, 2.05) is 30.3 Å². The highest BCUT2D eigenvalue weighted by Crippen LogP contribution is 2.31. The van der Waals surface area contributed by atoms with Gasteiger partial charge in [0.1, 0.15) is 4.34 Å². The fourth-order valence-corrected chi connectivity index (χ4v) is 3.19. The molecule has 0 aliphatic heterocycles. The lowest BCUT2D eigenvalue weighted by molar-refractivity contribution is 0.0460. The Morgan fingerprint density at radius 1 is 1.27 bits per heavy atom. The molecule has 0 aliphatic rings. The minimum atomic E-state index is -0.573. The molecule has 0 saturated heterocycles. The van der Waals surface area contributed by atoms with Crippen LogP contribution in [0.1, 0.15) is 16.2 Å². The molecule has 0 amide bonds. The number of carbonyl (C=O) groups excluding carboxylic acids is 1. The van der Waals surface area contributed by atoms with Gasteiger partial charge in [-0.3, -0.25) is 0 Å². The Hall–Kier alpha value is -1.96.